The van der Waals surface area contributed by atoms with Crippen LogP contribution < -0.4 is 0 Å². The van der Waals surface area contributed by atoms with E-state index in [0.717, 1.165) is 40.0 Å². The Bertz CT molecular complexity index is 653. The van der Waals surface area contributed by atoms with Crippen molar-refractivity contribution in [2.45, 2.75) is 30.8 Å². The molecule has 21 heavy (non-hydrogen) atoms. The van der Waals surface area contributed by atoms with Gasteiger partial charge in [-0.1, -0.05) is 41.6 Å². The molecule has 0 N–H and O–H groups in total. The first kappa shape index (κ1) is 14.6. The quantitative estimate of drug-likeness (QED) is 0.453. The van der Waals surface area contributed by atoms with Crippen LogP contribution in [0.5, 0.6) is 0 Å². The standard InChI is InChI=1S/C17H17ClN2S/c1-2-11-21-17-19-15-6-4-3-5-14(15)16(20-17)12-7-9-13(18)10-8-12/h2,7-10H,1,3-6,11H2. The van der Waals surface area contributed by atoms with Crippen molar-refractivity contribution in [2.75, 3.05) is 5.75 Å². The highest BCUT2D eigenvalue weighted by Gasteiger charge is 2.18. The summed E-state index contributed by atoms with van der Waals surface area (Å²) < 4.78 is 0. The van der Waals surface area contributed by atoms with Crippen LogP contribution in [-0.4, -0.2) is 15.7 Å². The highest BCUT2D eigenvalue weighted by molar-refractivity contribution is 7.99. The Balaban J connectivity index is 2.07. The number of fused-ring (bicyclic) bond motifs is 1. The van der Waals surface area contributed by atoms with Crippen molar-refractivity contribution in [3.63, 3.8) is 0 Å². The van der Waals surface area contributed by atoms with Gasteiger partial charge in [-0.2, -0.15) is 0 Å². The van der Waals surface area contributed by atoms with Gasteiger partial charge in [0.15, 0.2) is 5.16 Å². The van der Waals surface area contributed by atoms with E-state index < -0.39 is 0 Å². The number of thioether (sulfide) groups is 1. The van der Waals surface area contributed by atoms with Crippen LogP contribution >= 0.6 is 23.4 Å². The number of halogens is 1. The molecule has 0 amide bonds. The maximum Gasteiger partial charge on any atom is 0.188 e. The van der Waals surface area contributed by atoms with Gasteiger partial charge in [0.25, 0.3) is 0 Å². The van der Waals surface area contributed by atoms with Gasteiger partial charge in [0, 0.05) is 27.6 Å². The minimum Gasteiger partial charge on any atom is -0.227 e. The van der Waals surface area contributed by atoms with Crippen LogP contribution in [-0.2, 0) is 12.8 Å². The van der Waals surface area contributed by atoms with Crippen LogP contribution in [0.1, 0.15) is 24.1 Å². The van der Waals surface area contributed by atoms with E-state index in [-0.39, 0.29) is 0 Å². The first-order valence-electron chi connectivity index (χ1n) is 7.17. The number of hydrogen-bond donors (Lipinski definition) is 0. The summed E-state index contributed by atoms with van der Waals surface area (Å²) in [6, 6.07) is 7.93. The first-order valence-corrected chi connectivity index (χ1v) is 8.53. The van der Waals surface area contributed by atoms with Gasteiger partial charge < -0.3 is 0 Å². The number of aryl methyl sites for hydroxylation is 1. The summed E-state index contributed by atoms with van der Waals surface area (Å²) in [6.07, 6.45) is 6.45. The molecule has 0 aliphatic heterocycles. The number of aromatic nitrogens is 2. The predicted octanol–water partition coefficient (Wildman–Crippen LogP) is 4.95. The summed E-state index contributed by atoms with van der Waals surface area (Å²) in [5.41, 5.74) is 4.72. The van der Waals surface area contributed by atoms with E-state index >= 15 is 0 Å². The maximum absolute atomic E-state index is 5.99. The zero-order chi connectivity index (χ0) is 14.7. The topological polar surface area (TPSA) is 25.8 Å². The van der Waals surface area contributed by atoms with Crippen LogP contribution in [0.25, 0.3) is 11.3 Å². The molecule has 4 heteroatoms. The molecule has 2 nitrogen and oxygen atoms in total. The lowest BCUT2D eigenvalue weighted by Gasteiger charge is -2.19. The Morgan fingerprint density at radius 3 is 2.67 bits per heavy atom. The molecule has 1 aromatic heterocycles. The number of nitrogens with zero attached hydrogens (tertiary/aromatic N) is 2. The van der Waals surface area contributed by atoms with Crippen LogP contribution in [0.2, 0.25) is 5.02 Å². The van der Waals surface area contributed by atoms with Crippen molar-refractivity contribution >= 4 is 23.4 Å². The van der Waals surface area contributed by atoms with E-state index in [4.69, 9.17) is 21.6 Å². The molecule has 1 aromatic carbocycles. The van der Waals surface area contributed by atoms with Gasteiger partial charge in [0.2, 0.25) is 0 Å². The average molecular weight is 317 g/mol. The minimum atomic E-state index is 0.753. The van der Waals surface area contributed by atoms with Gasteiger partial charge in [-0.05, 0) is 37.8 Å². The van der Waals surface area contributed by atoms with Crippen LogP contribution in [0.4, 0.5) is 0 Å². The van der Waals surface area contributed by atoms with Gasteiger partial charge in [0.05, 0.1) is 5.69 Å². The van der Waals surface area contributed by atoms with E-state index in [2.05, 4.69) is 6.58 Å². The molecule has 0 unspecified atom stereocenters. The lowest BCUT2D eigenvalue weighted by molar-refractivity contribution is 0.652. The number of rotatable bonds is 4. The number of benzene rings is 1. The van der Waals surface area contributed by atoms with Crippen molar-refractivity contribution < 1.29 is 0 Å². The monoisotopic (exact) mass is 316 g/mol. The van der Waals surface area contributed by atoms with Crippen LogP contribution in [0, 0.1) is 0 Å². The lowest BCUT2D eigenvalue weighted by atomic mass is 9.92. The largest absolute Gasteiger partial charge is 0.227 e. The normalized spacial score (nSPS) is 13.8. The fourth-order valence-electron chi connectivity index (χ4n) is 2.62. The van der Waals surface area contributed by atoms with Crippen LogP contribution in [0.3, 0.4) is 0 Å². The molecule has 108 valence electrons. The van der Waals surface area contributed by atoms with E-state index in [1.165, 1.54) is 24.1 Å². The van der Waals surface area contributed by atoms with Crippen LogP contribution in [0.15, 0.2) is 42.1 Å². The Kier molecular flexibility index (Phi) is 4.61. The van der Waals surface area contributed by atoms with E-state index in [1.807, 2.05) is 30.3 Å². The predicted molar refractivity (Wildman–Crippen MR) is 90.0 cm³/mol. The summed E-state index contributed by atoms with van der Waals surface area (Å²) in [4.78, 5) is 9.52. The molecule has 3 rings (SSSR count). The second kappa shape index (κ2) is 6.63. The first-order chi connectivity index (χ1) is 10.3. The molecular weight excluding hydrogens is 300 g/mol. The minimum absolute atomic E-state index is 0.753. The highest BCUT2D eigenvalue weighted by Crippen LogP contribution is 2.31. The molecule has 2 aromatic rings. The van der Waals surface area contributed by atoms with Gasteiger partial charge in [-0.3, -0.25) is 0 Å². The molecule has 0 fully saturated rings. The Morgan fingerprint density at radius 2 is 1.90 bits per heavy atom. The van der Waals surface area contributed by atoms with Crippen molar-refractivity contribution in [1.82, 2.24) is 9.97 Å². The summed E-state index contributed by atoms with van der Waals surface area (Å²) in [5, 5.41) is 1.60. The third kappa shape index (κ3) is 3.30. The molecular formula is C17H17ClN2S. The fourth-order valence-corrected chi connectivity index (χ4v) is 3.34. The van der Waals surface area contributed by atoms with E-state index in [9.17, 15) is 0 Å². The molecule has 0 bridgehead atoms. The SMILES string of the molecule is C=CCSc1nc2c(c(-c3ccc(Cl)cc3)n1)CCCC2. The molecule has 1 aliphatic carbocycles. The van der Waals surface area contributed by atoms with Gasteiger partial charge in [-0.25, -0.2) is 9.97 Å². The summed E-state index contributed by atoms with van der Waals surface area (Å²) in [7, 11) is 0. The lowest BCUT2D eigenvalue weighted by Crippen LogP contribution is -2.10. The van der Waals surface area contributed by atoms with Crippen molar-refractivity contribution in [2.24, 2.45) is 0 Å². The van der Waals surface area contributed by atoms with Crippen molar-refractivity contribution in [3.8, 4) is 11.3 Å². The zero-order valence-corrected chi connectivity index (χ0v) is 13.4. The summed E-state index contributed by atoms with van der Waals surface area (Å²) in [6.45, 7) is 3.76. The summed E-state index contributed by atoms with van der Waals surface area (Å²) >= 11 is 7.63. The molecule has 0 atom stereocenters. The fraction of sp³-hybridized carbons (Fsp3) is 0.294. The Morgan fingerprint density at radius 1 is 1.14 bits per heavy atom. The Labute approximate surface area is 134 Å². The van der Waals surface area contributed by atoms with Crippen molar-refractivity contribution in [1.29, 1.82) is 0 Å². The maximum atomic E-state index is 5.99. The molecule has 0 spiro atoms. The highest BCUT2D eigenvalue weighted by atomic mass is 35.5. The molecule has 1 aliphatic rings. The third-order valence-electron chi connectivity index (χ3n) is 3.61. The van der Waals surface area contributed by atoms with Gasteiger partial charge in [0.1, 0.15) is 0 Å². The van der Waals surface area contributed by atoms with E-state index in [1.54, 1.807) is 11.8 Å². The zero-order valence-electron chi connectivity index (χ0n) is 11.8. The molecule has 0 radical (unpaired) electrons. The van der Waals surface area contributed by atoms with E-state index in [0.29, 0.717) is 0 Å². The molecule has 0 saturated carbocycles. The van der Waals surface area contributed by atoms with Crippen molar-refractivity contribution in [3.05, 3.63) is 53.2 Å². The summed E-state index contributed by atoms with van der Waals surface area (Å²) in [5.74, 6) is 0.832. The van der Waals surface area contributed by atoms with Gasteiger partial charge >= 0.3 is 0 Å². The second-order valence-electron chi connectivity index (χ2n) is 5.09. The smallest absolute Gasteiger partial charge is 0.188 e. The average Bonchev–Trinajstić information content (AvgIpc) is 2.53. The third-order valence-corrected chi connectivity index (χ3v) is 4.71. The Hall–Kier alpha value is -1.32. The van der Waals surface area contributed by atoms with Gasteiger partial charge in [-0.15, -0.1) is 6.58 Å². The second-order valence-corrected chi connectivity index (χ2v) is 6.52. The molecule has 1 heterocycles. The molecule has 0 saturated heterocycles. The number of hydrogen-bond acceptors (Lipinski definition) is 3.